The van der Waals surface area contributed by atoms with Crippen LogP contribution in [0, 0.1) is 0 Å². The Labute approximate surface area is 147 Å². The average molecular weight is 370 g/mol. The third kappa shape index (κ3) is 5.54. The highest BCUT2D eigenvalue weighted by Gasteiger charge is 2.36. The zero-order chi connectivity index (χ0) is 19.2. The highest BCUT2D eigenvalue weighted by atomic mass is 19.4. The van der Waals surface area contributed by atoms with Gasteiger partial charge in [0.2, 0.25) is 5.76 Å². The number of ether oxygens (including phenoxy) is 3. The van der Waals surface area contributed by atoms with E-state index >= 15 is 0 Å². The standard InChI is InChI=1S/C17H17F3N2O4/c1-3-24-16(17(18,19)20)10-25-14-5-4-6-15(7-14)26-11-22-9-13(8-21-22)12(2)23/h4-10H,3,11H2,1-2H3/b16-10-. The minimum Gasteiger partial charge on any atom is -0.487 e. The maximum absolute atomic E-state index is 12.7. The molecule has 0 amide bonds. The molecule has 6 nitrogen and oxygen atoms in total. The number of halogens is 3. The van der Waals surface area contributed by atoms with Gasteiger partial charge in [-0.05, 0) is 26.0 Å². The van der Waals surface area contributed by atoms with Crippen molar-refractivity contribution in [3.63, 3.8) is 0 Å². The number of rotatable bonds is 8. The van der Waals surface area contributed by atoms with Crippen LogP contribution in [0.2, 0.25) is 0 Å². The van der Waals surface area contributed by atoms with Gasteiger partial charge < -0.3 is 14.2 Å². The summed E-state index contributed by atoms with van der Waals surface area (Å²) < 4.78 is 54.6. The van der Waals surface area contributed by atoms with Crippen LogP contribution in [0.25, 0.3) is 0 Å². The largest absolute Gasteiger partial charge is 0.487 e. The summed E-state index contributed by atoms with van der Waals surface area (Å²) in [6.07, 6.45) is -1.18. The molecule has 1 aromatic carbocycles. The van der Waals surface area contributed by atoms with Gasteiger partial charge in [0.25, 0.3) is 0 Å². The van der Waals surface area contributed by atoms with Crippen LogP contribution >= 0.6 is 0 Å². The van der Waals surface area contributed by atoms with Crippen molar-refractivity contribution in [2.75, 3.05) is 6.61 Å². The SMILES string of the molecule is CCO/C(=C\Oc1cccc(OCn2cc(C(C)=O)cn2)c1)C(F)(F)F. The first-order chi connectivity index (χ1) is 12.3. The van der Waals surface area contributed by atoms with Crippen molar-refractivity contribution in [3.05, 3.63) is 54.2 Å². The lowest BCUT2D eigenvalue weighted by molar-refractivity contribution is -0.132. The fraction of sp³-hybridized carbons (Fsp3) is 0.294. The zero-order valence-corrected chi connectivity index (χ0v) is 14.1. The minimum absolute atomic E-state index is 0.0271. The zero-order valence-electron chi connectivity index (χ0n) is 14.1. The van der Waals surface area contributed by atoms with Gasteiger partial charge in [0.1, 0.15) is 17.8 Å². The smallest absolute Gasteiger partial charge is 0.452 e. The molecule has 0 N–H and O–H groups in total. The van der Waals surface area contributed by atoms with Crippen LogP contribution in [0.5, 0.6) is 11.5 Å². The molecule has 0 radical (unpaired) electrons. The lowest BCUT2D eigenvalue weighted by atomic mass is 10.3. The van der Waals surface area contributed by atoms with Crippen molar-refractivity contribution in [2.24, 2.45) is 0 Å². The van der Waals surface area contributed by atoms with Gasteiger partial charge in [0.15, 0.2) is 12.5 Å². The first kappa shape index (κ1) is 19.4. The first-order valence-corrected chi connectivity index (χ1v) is 7.62. The normalized spacial score (nSPS) is 12.0. The van der Waals surface area contributed by atoms with Crippen LogP contribution < -0.4 is 9.47 Å². The predicted octanol–water partition coefficient (Wildman–Crippen LogP) is 3.94. The molecule has 0 saturated carbocycles. The second-order valence-electron chi connectivity index (χ2n) is 5.10. The van der Waals surface area contributed by atoms with Crippen LogP contribution in [-0.4, -0.2) is 28.3 Å². The molecule has 2 rings (SSSR count). The fourth-order valence-corrected chi connectivity index (χ4v) is 1.85. The fourth-order valence-electron chi connectivity index (χ4n) is 1.85. The van der Waals surface area contributed by atoms with Gasteiger partial charge in [0, 0.05) is 12.3 Å². The third-order valence-corrected chi connectivity index (χ3v) is 3.09. The molecule has 0 aliphatic heterocycles. The molecule has 0 bridgehead atoms. The molecule has 1 heterocycles. The van der Waals surface area contributed by atoms with Crippen molar-refractivity contribution in [1.29, 1.82) is 0 Å². The second kappa shape index (κ2) is 8.41. The molecule has 0 unspecified atom stereocenters. The Morgan fingerprint density at radius 1 is 1.31 bits per heavy atom. The van der Waals surface area contributed by atoms with Crippen LogP contribution in [0.15, 0.2) is 48.7 Å². The molecule has 0 fully saturated rings. The first-order valence-electron chi connectivity index (χ1n) is 7.62. The molecular formula is C17H17F3N2O4. The predicted molar refractivity (Wildman–Crippen MR) is 85.7 cm³/mol. The van der Waals surface area contributed by atoms with Crippen LogP contribution in [0.1, 0.15) is 24.2 Å². The average Bonchev–Trinajstić information content (AvgIpc) is 3.05. The Morgan fingerprint density at radius 3 is 2.65 bits per heavy atom. The molecule has 140 valence electrons. The molecule has 26 heavy (non-hydrogen) atoms. The molecule has 0 aliphatic carbocycles. The number of hydrogen-bond donors (Lipinski definition) is 0. The number of benzene rings is 1. The summed E-state index contributed by atoms with van der Waals surface area (Å²) in [6, 6.07) is 6.08. The maximum atomic E-state index is 12.7. The van der Waals surface area contributed by atoms with Crippen molar-refractivity contribution in [1.82, 2.24) is 9.78 Å². The van der Waals surface area contributed by atoms with E-state index in [0.717, 1.165) is 0 Å². The number of nitrogens with zero attached hydrogens (tertiary/aromatic N) is 2. The van der Waals surface area contributed by atoms with E-state index < -0.39 is 11.9 Å². The van der Waals surface area contributed by atoms with Crippen LogP contribution in [0.3, 0.4) is 0 Å². The Morgan fingerprint density at radius 2 is 2.04 bits per heavy atom. The topological polar surface area (TPSA) is 62.6 Å². The highest BCUT2D eigenvalue weighted by Crippen LogP contribution is 2.27. The number of aromatic nitrogens is 2. The lowest BCUT2D eigenvalue weighted by Gasteiger charge is -2.12. The molecular weight excluding hydrogens is 353 g/mol. The number of carbonyl (C=O) groups is 1. The van der Waals surface area contributed by atoms with E-state index in [0.29, 0.717) is 17.6 Å². The third-order valence-electron chi connectivity index (χ3n) is 3.09. The number of Topliss-reactive ketones (excluding diaryl/α,β-unsaturated/α-hetero) is 1. The number of ketones is 1. The van der Waals surface area contributed by atoms with E-state index in [9.17, 15) is 18.0 Å². The van der Waals surface area contributed by atoms with Gasteiger partial charge in [-0.25, -0.2) is 4.68 Å². The van der Waals surface area contributed by atoms with Crippen molar-refractivity contribution in [2.45, 2.75) is 26.8 Å². The summed E-state index contributed by atoms with van der Waals surface area (Å²) in [6.45, 7) is 2.76. The molecule has 9 heteroatoms. The number of hydrogen-bond acceptors (Lipinski definition) is 5. The van der Waals surface area contributed by atoms with Crippen LogP contribution in [0.4, 0.5) is 13.2 Å². The molecule has 0 atom stereocenters. The Balaban J connectivity index is 2.01. The Kier molecular flexibility index (Phi) is 6.26. The molecule has 1 aromatic heterocycles. The Hall–Kier alpha value is -2.97. The summed E-state index contributed by atoms with van der Waals surface area (Å²) in [4.78, 5) is 11.2. The molecule has 0 aliphatic rings. The van der Waals surface area contributed by atoms with Gasteiger partial charge in [-0.3, -0.25) is 4.79 Å². The molecule has 0 saturated heterocycles. The van der Waals surface area contributed by atoms with E-state index in [1.54, 1.807) is 12.1 Å². The van der Waals surface area contributed by atoms with Gasteiger partial charge in [-0.1, -0.05) is 6.07 Å². The summed E-state index contributed by atoms with van der Waals surface area (Å²) in [5.41, 5.74) is 0.450. The lowest BCUT2D eigenvalue weighted by Crippen LogP contribution is -2.15. The van der Waals surface area contributed by atoms with Crippen molar-refractivity contribution < 1.29 is 32.2 Å². The van der Waals surface area contributed by atoms with E-state index in [1.165, 1.54) is 43.1 Å². The quantitative estimate of drug-likeness (QED) is 0.520. The highest BCUT2D eigenvalue weighted by molar-refractivity contribution is 5.93. The minimum atomic E-state index is -4.64. The van der Waals surface area contributed by atoms with Crippen molar-refractivity contribution >= 4 is 5.78 Å². The maximum Gasteiger partial charge on any atom is 0.452 e. The van der Waals surface area contributed by atoms with E-state index in [4.69, 9.17) is 9.47 Å². The van der Waals surface area contributed by atoms with Crippen molar-refractivity contribution in [3.8, 4) is 11.5 Å². The van der Waals surface area contributed by atoms with Gasteiger partial charge >= 0.3 is 6.18 Å². The monoisotopic (exact) mass is 370 g/mol. The number of allylic oxidation sites excluding steroid dienone is 1. The molecule has 2 aromatic rings. The van der Waals surface area contributed by atoms with E-state index in [1.807, 2.05) is 0 Å². The summed E-state index contributed by atoms with van der Waals surface area (Å²) in [5.74, 6) is -0.831. The Bertz CT molecular complexity index is 784. The summed E-state index contributed by atoms with van der Waals surface area (Å²) >= 11 is 0. The van der Waals surface area contributed by atoms with Gasteiger partial charge in [0.05, 0.1) is 18.4 Å². The summed E-state index contributed by atoms with van der Waals surface area (Å²) in [5, 5.41) is 3.97. The number of carbonyl (C=O) groups excluding carboxylic acids is 1. The summed E-state index contributed by atoms with van der Waals surface area (Å²) in [7, 11) is 0. The number of alkyl halides is 3. The second-order valence-corrected chi connectivity index (χ2v) is 5.10. The van der Waals surface area contributed by atoms with Gasteiger partial charge in [-0.15, -0.1) is 0 Å². The van der Waals surface area contributed by atoms with E-state index in [2.05, 4.69) is 9.84 Å². The molecule has 0 spiro atoms. The van der Waals surface area contributed by atoms with Gasteiger partial charge in [-0.2, -0.15) is 18.3 Å². The van der Waals surface area contributed by atoms with Crippen LogP contribution in [-0.2, 0) is 11.5 Å². The van der Waals surface area contributed by atoms with E-state index in [-0.39, 0.29) is 24.9 Å².